The third-order valence-electron chi connectivity index (χ3n) is 4.45. The van der Waals surface area contributed by atoms with Crippen molar-refractivity contribution in [3.8, 4) is 0 Å². The number of hydrogen-bond donors (Lipinski definition) is 3. The normalized spacial score (nSPS) is 11.6. The molecule has 0 heterocycles. The minimum Gasteiger partial charge on any atom is -0.282 e. The van der Waals surface area contributed by atoms with Crippen molar-refractivity contribution in [3.05, 3.63) is 102 Å². The first kappa shape index (κ1) is 29.4. The molecular weight excluding hydrogens is 552 g/mol. The maximum Gasteiger partial charge on any atom is 0.294 e. The van der Waals surface area contributed by atoms with Crippen molar-refractivity contribution in [2.75, 3.05) is 0 Å². The highest BCUT2D eigenvalue weighted by molar-refractivity contribution is 7.86. The summed E-state index contributed by atoms with van der Waals surface area (Å²) in [6.45, 7) is 1.84. The number of benzene rings is 4. The van der Waals surface area contributed by atoms with Crippen LogP contribution in [0.4, 0.5) is 0 Å². The van der Waals surface area contributed by atoms with E-state index in [1.165, 1.54) is 48.5 Å². The lowest BCUT2D eigenvalue weighted by atomic mass is 10.1. The maximum atomic E-state index is 10.8. The zero-order chi connectivity index (χ0) is 27.1. The van der Waals surface area contributed by atoms with Crippen LogP contribution in [0.2, 0.25) is 5.02 Å². The van der Waals surface area contributed by atoms with E-state index in [9.17, 15) is 25.3 Å². The highest BCUT2D eigenvalue weighted by Crippen LogP contribution is 2.18. The molecular formula is C23H21ClO9S3. The van der Waals surface area contributed by atoms with E-state index in [1.807, 2.05) is 25.1 Å². The summed E-state index contributed by atoms with van der Waals surface area (Å²) in [5.41, 5.74) is 0.956. The Balaban J connectivity index is 0.000000193. The van der Waals surface area contributed by atoms with E-state index in [-0.39, 0.29) is 14.7 Å². The van der Waals surface area contributed by atoms with Gasteiger partial charge in [-0.15, -0.1) is 0 Å². The summed E-state index contributed by atoms with van der Waals surface area (Å²) in [7, 11) is -12.2. The van der Waals surface area contributed by atoms with Gasteiger partial charge in [-0.3, -0.25) is 13.7 Å². The lowest BCUT2D eigenvalue weighted by Crippen LogP contribution is -1.97. The van der Waals surface area contributed by atoms with E-state index in [0.717, 1.165) is 16.3 Å². The molecule has 0 saturated heterocycles. The Hall–Kier alpha value is -2.84. The van der Waals surface area contributed by atoms with Crippen LogP contribution in [-0.2, 0) is 30.4 Å². The Kier molecular flexibility index (Phi) is 9.74. The number of fused-ring (bicyclic) bond motifs is 1. The van der Waals surface area contributed by atoms with Crippen LogP contribution >= 0.6 is 11.6 Å². The fraction of sp³-hybridized carbons (Fsp3) is 0.0435. The minimum absolute atomic E-state index is 0.0666. The molecule has 192 valence electrons. The average molecular weight is 573 g/mol. The number of halogens is 1. The highest BCUT2D eigenvalue weighted by Gasteiger charge is 2.09. The lowest BCUT2D eigenvalue weighted by molar-refractivity contribution is 0.481. The van der Waals surface area contributed by atoms with Gasteiger partial charge >= 0.3 is 0 Å². The third kappa shape index (κ3) is 9.32. The molecule has 0 aliphatic heterocycles. The second kappa shape index (κ2) is 11.9. The van der Waals surface area contributed by atoms with Gasteiger partial charge in [0.2, 0.25) is 0 Å². The van der Waals surface area contributed by atoms with Crippen LogP contribution in [-0.4, -0.2) is 38.9 Å². The van der Waals surface area contributed by atoms with Crippen molar-refractivity contribution >= 4 is 52.7 Å². The largest absolute Gasteiger partial charge is 0.294 e. The van der Waals surface area contributed by atoms with Crippen molar-refractivity contribution in [2.24, 2.45) is 0 Å². The SMILES string of the molecule is Cc1ccc(S(=O)(=O)O)cc1.O=S(=O)(O)c1ccc(Cl)cc1.O=S(=O)(O)c1ccc2ccccc2c1. The number of rotatable bonds is 3. The molecule has 4 aromatic rings. The summed E-state index contributed by atoms with van der Waals surface area (Å²) in [5, 5.41) is 2.17. The van der Waals surface area contributed by atoms with Crippen LogP contribution in [0.5, 0.6) is 0 Å². The van der Waals surface area contributed by atoms with Crippen LogP contribution in [0.25, 0.3) is 10.8 Å². The smallest absolute Gasteiger partial charge is 0.282 e. The first-order chi connectivity index (χ1) is 16.6. The van der Waals surface area contributed by atoms with E-state index < -0.39 is 30.4 Å². The standard InChI is InChI=1S/C10H8O3S.C7H8O3S.C6H5ClO3S/c11-14(12,13)10-6-5-8-3-1-2-4-9(8)7-10;1-6-2-4-7(5-3-6)11(8,9)10;7-5-1-3-6(4-2-5)11(8,9)10/h1-7H,(H,11,12,13);2-5H,1H3,(H,8,9,10);1-4H,(H,8,9,10). The predicted octanol–water partition coefficient (Wildman–Crippen LogP) is 4.91. The molecule has 0 bridgehead atoms. The second-order valence-electron chi connectivity index (χ2n) is 7.20. The summed E-state index contributed by atoms with van der Waals surface area (Å²) in [4.78, 5) is -0.291. The highest BCUT2D eigenvalue weighted by atomic mass is 35.5. The van der Waals surface area contributed by atoms with Crippen molar-refractivity contribution < 1.29 is 38.9 Å². The molecule has 0 radical (unpaired) electrons. The van der Waals surface area contributed by atoms with E-state index in [4.69, 9.17) is 25.3 Å². The Bertz CT molecular complexity index is 1580. The fourth-order valence-corrected chi connectivity index (χ4v) is 4.25. The van der Waals surface area contributed by atoms with Gasteiger partial charge in [-0.1, -0.05) is 59.6 Å². The molecule has 4 rings (SSSR count). The summed E-state index contributed by atoms with van der Waals surface area (Å²) < 4.78 is 89.5. The molecule has 0 fully saturated rings. The molecule has 0 unspecified atom stereocenters. The van der Waals surface area contributed by atoms with Crippen molar-refractivity contribution in [2.45, 2.75) is 21.6 Å². The van der Waals surface area contributed by atoms with Gasteiger partial charge in [0.15, 0.2) is 0 Å². The van der Waals surface area contributed by atoms with Gasteiger partial charge in [-0.2, -0.15) is 25.3 Å². The van der Waals surface area contributed by atoms with Crippen LogP contribution in [0, 0.1) is 6.92 Å². The fourth-order valence-electron chi connectivity index (χ4n) is 2.64. The Labute approximate surface area is 214 Å². The van der Waals surface area contributed by atoms with E-state index in [2.05, 4.69) is 0 Å². The van der Waals surface area contributed by atoms with Gasteiger partial charge < -0.3 is 0 Å². The van der Waals surface area contributed by atoms with E-state index in [0.29, 0.717) is 5.02 Å². The summed E-state index contributed by atoms with van der Waals surface area (Å²) in [6, 6.07) is 23.1. The zero-order valence-corrected chi connectivity index (χ0v) is 21.8. The van der Waals surface area contributed by atoms with Crippen LogP contribution in [0.3, 0.4) is 0 Å². The average Bonchev–Trinajstić information content (AvgIpc) is 2.78. The molecule has 0 atom stereocenters. The van der Waals surface area contributed by atoms with Gasteiger partial charge in [0.05, 0.1) is 14.7 Å². The van der Waals surface area contributed by atoms with Gasteiger partial charge in [0.25, 0.3) is 30.4 Å². The quantitative estimate of drug-likeness (QED) is 0.289. The summed E-state index contributed by atoms with van der Waals surface area (Å²) in [5.74, 6) is 0. The second-order valence-corrected chi connectivity index (χ2v) is 11.9. The maximum absolute atomic E-state index is 10.8. The van der Waals surface area contributed by atoms with Crippen LogP contribution in [0.15, 0.2) is 106 Å². The minimum atomic E-state index is -4.09. The molecule has 0 saturated carbocycles. The first-order valence-corrected chi connectivity index (χ1v) is 14.5. The molecule has 0 aliphatic rings. The molecule has 0 aliphatic carbocycles. The third-order valence-corrected chi connectivity index (χ3v) is 7.29. The summed E-state index contributed by atoms with van der Waals surface area (Å²) in [6.07, 6.45) is 0. The monoisotopic (exact) mass is 572 g/mol. The number of hydrogen-bond acceptors (Lipinski definition) is 6. The Morgan fingerprint density at radius 1 is 0.528 bits per heavy atom. The van der Waals surface area contributed by atoms with Gasteiger partial charge in [0.1, 0.15) is 0 Å². The predicted molar refractivity (Wildman–Crippen MR) is 136 cm³/mol. The lowest BCUT2D eigenvalue weighted by Gasteiger charge is -1.99. The molecule has 0 aromatic heterocycles. The van der Waals surface area contributed by atoms with E-state index in [1.54, 1.807) is 24.3 Å². The van der Waals surface area contributed by atoms with Crippen molar-refractivity contribution in [1.29, 1.82) is 0 Å². The van der Waals surface area contributed by atoms with Gasteiger partial charge in [0, 0.05) is 5.02 Å². The molecule has 4 aromatic carbocycles. The zero-order valence-electron chi connectivity index (χ0n) is 18.6. The molecule has 0 amide bonds. The van der Waals surface area contributed by atoms with E-state index >= 15 is 0 Å². The molecule has 3 N–H and O–H groups in total. The van der Waals surface area contributed by atoms with Crippen LogP contribution < -0.4 is 0 Å². The molecule has 9 nitrogen and oxygen atoms in total. The van der Waals surface area contributed by atoms with Crippen LogP contribution in [0.1, 0.15) is 5.56 Å². The van der Waals surface area contributed by atoms with Gasteiger partial charge in [-0.25, -0.2) is 0 Å². The Morgan fingerprint density at radius 3 is 1.36 bits per heavy atom. The Morgan fingerprint density at radius 2 is 0.917 bits per heavy atom. The first-order valence-electron chi connectivity index (χ1n) is 9.81. The summed E-state index contributed by atoms with van der Waals surface area (Å²) >= 11 is 5.49. The topological polar surface area (TPSA) is 163 Å². The van der Waals surface area contributed by atoms with Gasteiger partial charge in [-0.05, 0) is 66.2 Å². The molecule has 0 spiro atoms. The molecule has 36 heavy (non-hydrogen) atoms. The van der Waals surface area contributed by atoms with Crippen molar-refractivity contribution in [1.82, 2.24) is 0 Å². The number of aryl methyl sites for hydroxylation is 1. The van der Waals surface area contributed by atoms with Crippen molar-refractivity contribution in [3.63, 3.8) is 0 Å². The molecule has 13 heteroatoms.